The number of amides is 3. The Morgan fingerprint density at radius 2 is 1.58 bits per heavy atom. The lowest BCUT2D eigenvalue weighted by Gasteiger charge is -2.44. The number of nitrogens with zero attached hydrogens (tertiary/aromatic N) is 3. The molecule has 164 valence electrons. The number of carbonyl (C=O) groups is 2. The third-order valence-corrected chi connectivity index (χ3v) is 6.88. The first-order valence-electron chi connectivity index (χ1n) is 11.5. The largest absolute Gasteiger partial charge is 0.335 e. The van der Waals surface area contributed by atoms with Crippen LogP contribution in [0.25, 0.3) is 0 Å². The molecule has 2 aliphatic rings. The number of fused-ring (bicyclic) bond motifs is 1. The van der Waals surface area contributed by atoms with Crippen molar-refractivity contribution in [3.8, 4) is 0 Å². The molecule has 2 aromatic rings. The van der Waals surface area contributed by atoms with E-state index in [4.69, 9.17) is 0 Å². The van der Waals surface area contributed by atoms with E-state index in [1.54, 1.807) is 23.9 Å². The minimum absolute atomic E-state index is 0.0667. The molecule has 3 amide bonds. The van der Waals surface area contributed by atoms with Crippen LogP contribution >= 0.6 is 0 Å². The zero-order chi connectivity index (χ0) is 21.8. The van der Waals surface area contributed by atoms with Crippen LogP contribution in [0.5, 0.6) is 0 Å². The number of anilines is 1. The highest BCUT2D eigenvalue weighted by atomic mass is 16.2. The van der Waals surface area contributed by atoms with E-state index in [1.807, 2.05) is 54.6 Å². The van der Waals surface area contributed by atoms with Crippen molar-refractivity contribution < 1.29 is 9.59 Å². The van der Waals surface area contributed by atoms with Crippen molar-refractivity contribution in [1.82, 2.24) is 9.80 Å². The quantitative estimate of drug-likeness (QED) is 0.686. The van der Waals surface area contributed by atoms with Crippen LogP contribution in [0.2, 0.25) is 0 Å². The molecule has 1 saturated carbocycles. The first-order chi connectivity index (χ1) is 15.0. The van der Waals surface area contributed by atoms with Gasteiger partial charge in [-0.2, -0.15) is 0 Å². The number of urea groups is 1. The Kier molecular flexibility index (Phi) is 6.59. The lowest BCUT2D eigenvalue weighted by atomic mass is 9.78. The second-order valence-corrected chi connectivity index (χ2v) is 8.98. The van der Waals surface area contributed by atoms with E-state index >= 15 is 0 Å². The van der Waals surface area contributed by atoms with Gasteiger partial charge in [0.15, 0.2) is 0 Å². The molecule has 1 aliphatic carbocycles. The van der Waals surface area contributed by atoms with Crippen LogP contribution in [-0.4, -0.2) is 48.4 Å². The lowest BCUT2D eigenvalue weighted by Crippen LogP contribution is -2.49. The standard InChI is InChI=1S/C26H33N3O2/c1-27(26(31)28(2)23-11-4-3-5-12-23)19-20-14-16-22(17-15-20)25(30)29-18-8-10-21-9-6-7-13-24(21)29/h3-5,11-12,14-17,21,24H,6-10,13,18-19H2,1-2H3. The fourth-order valence-electron chi connectivity index (χ4n) is 5.16. The predicted octanol–water partition coefficient (Wildman–Crippen LogP) is 5.17. The maximum Gasteiger partial charge on any atom is 0.324 e. The number of para-hydroxylation sites is 1. The van der Waals surface area contributed by atoms with Gasteiger partial charge in [-0.3, -0.25) is 9.69 Å². The zero-order valence-electron chi connectivity index (χ0n) is 18.7. The van der Waals surface area contributed by atoms with Gasteiger partial charge in [-0.1, -0.05) is 43.2 Å². The highest BCUT2D eigenvalue weighted by Gasteiger charge is 2.35. The summed E-state index contributed by atoms with van der Waals surface area (Å²) in [6, 6.07) is 17.8. The Labute approximate surface area is 185 Å². The predicted molar refractivity (Wildman–Crippen MR) is 124 cm³/mol. The first kappa shape index (κ1) is 21.4. The molecule has 1 aliphatic heterocycles. The topological polar surface area (TPSA) is 43.9 Å². The SMILES string of the molecule is CN(Cc1ccc(C(=O)N2CCCC3CCCCC32)cc1)C(=O)N(C)c1ccccc1. The molecule has 4 rings (SSSR count). The second kappa shape index (κ2) is 9.54. The van der Waals surface area contributed by atoms with E-state index in [2.05, 4.69) is 4.90 Å². The fraction of sp³-hybridized carbons (Fsp3) is 0.462. The van der Waals surface area contributed by atoms with Gasteiger partial charge in [0, 0.05) is 44.5 Å². The lowest BCUT2D eigenvalue weighted by molar-refractivity contribution is 0.0390. The highest BCUT2D eigenvalue weighted by molar-refractivity contribution is 5.94. The van der Waals surface area contributed by atoms with Crippen LogP contribution in [0, 0.1) is 5.92 Å². The monoisotopic (exact) mass is 419 g/mol. The molecule has 0 spiro atoms. The Bertz CT molecular complexity index is 895. The van der Waals surface area contributed by atoms with Crippen molar-refractivity contribution >= 4 is 17.6 Å². The number of rotatable bonds is 4. The van der Waals surface area contributed by atoms with E-state index in [0.29, 0.717) is 18.5 Å². The minimum atomic E-state index is -0.0667. The first-order valence-corrected chi connectivity index (χ1v) is 11.5. The van der Waals surface area contributed by atoms with E-state index in [1.165, 1.54) is 25.7 Å². The summed E-state index contributed by atoms with van der Waals surface area (Å²) in [5.74, 6) is 0.850. The van der Waals surface area contributed by atoms with Crippen molar-refractivity contribution in [3.63, 3.8) is 0 Å². The summed E-state index contributed by atoms with van der Waals surface area (Å²) in [7, 11) is 3.59. The van der Waals surface area contributed by atoms with Gasteiger partial charge in [0.05, 0.1) is 0 Å². The molecule has 2 atom stereocenters. The molecule has 0 radical (unpaired) electrons. The molecule has 1 heterocycles. The van der Waals surface area contributed by atoms with Crippen LogP contribution in [-0.2, 0) is 6.54 Å². The zero-order valence-corrected chi connectivity index (χ0v) is 18.7. The molecule has 0 aromatic heterocycles. The third kappa shape index (κ3) is 4.76. The van der Waals surface area contributed by atoms with Crippen molar-refractivity contribution in [3.05, 3.63) is 65.7 Å². The number of carbonyl (C=O) groups excluding carboxylic acids is 2. The van der Waals surface area contributed by atoms with Gasteiger partial charge in [-0.15, -0.1) is 0 Å². The molecule has 5 nitrogen and oxygen atoms in total. The van der Waals surface area contributed by atoms with Crippen molar-refractivity contribution in [2.24, 2.45) is 5.92 Å². The molecule has 0 N–H and O–H groups in total. The molecule has 2 aromatic carbocycles. The second-order valence-electron chi connectivity index (χ2n) is 8.98. The van der Waals surface area contributed by atoms with E-state index in [-0.39, 0.29) is 11.9 Å². The summed E-state index contributed by atoms with van der Waals surface area (Å²) >= 11 is 0. The summed E-state index contributed by atoms with van der Waals surface area (Å²) in [5.41, 5.74) is 2.64. The van der Waals surface area contributed by atoms with Crippen LogP contribution < -0.4 is 4.90 Å². The molecule has 0 bridgehead atoms. The van der Waals surface area contributed by atoms with Crippen LogP contribution in [0.1, 0.15) is 54.4 Å². The molecule has 2 fully saturated rings. The molecule has 1 saturated heterocycles. The van der Waals surface area contributed by atoms with Gasteiger partial charge in [0.25, 0.3) is 5.91 Å². The number of hydrogen-bond donors (Lipinski definition) is 0. The molecular weight excluding hydrogens is 386 g/mol. The average Bonchev–Trinajstić information content (AvgIpc) is 2.83. The Morgan fingerprint density at radius 3 is 2.32 bits per heavy atom. The Balaban J connectivity index is 1.38. The normalized spacial score (nSPS) is 20.6. The third-order valence-electron chi connectivity index (χ3n) is 6.88. The summed E-state index contributed by atoms with van der Waals surface area (Å²) in [6.45, 7) is 1.38. The smallest absolute Gasteiger partial charge is 0.324 e. The van der Waals surface area contributed by atoms with Gasteiger partial charge in [0.1, 0.15) is 0 Å². The molecular formula is C26H33N3O2. The van der Waals surface area contributed by atoms with Crippen LogP contribution in [0.15, 0.2) is 54.6 Å². The van der Waals surface area contributed by atoms with Gasteiger partial charge in [0.2, 0.25) is 0 Å². The maximum absolute atomic E-state index is 13.2. The molecule has 5 heteroatoms. The van der Waals surface area contributed by atoms with Gasteiger partial charge >= 0.3 is 6.03 Å². The highest BCUT2D eigenvalue weighted by Crippen LogP contribution is 2.36. The minimum Gasteiger partial charge on any atom is -0.335 e. The van der Waals surface area contributed by atoms with Gasteiger partial charge < -0.3 is 9.80 Å². The van der Waals surface area contributed by atoms with Crippen LogP contribution in [0.4, 0.5) is 10.5 Å². The van der Waals surface area contributed by atoms with E-state index in [0.717, 1.165) is 36.2 Å². The van der Waals surface area contributed by atoms with E-state index < -0.39 is 0 Å². The number of hydrogen-bond acceptors (Lipinski definition) is 2. The number of likely N-dealkylation sites (tertiary alicyclic amines) is 1. The van der Waals surface area contributed by atoms with Crippen molar-refractivity contribution in [1.29, 1.82) is 0 Å². The maximum atomic E-state index is 13.2. The van der Waals surface area contributed by atoms with Crippen molar-refractivity contribution in [2.45, 2.75) is 51.1 Å². The van der Waals surface area contributed by atoms with Gasteiger partial charge in [-0.05, 0) is 61.4 Å². The summed E-state index contributed by atoms with van der Waals surface area (Å²) in [6.07, 6.45) is 7.35. The van der Waals surface area contributed by atoms with Crippen molar-refractivity contribution in [2.75, 3.05) is 25.5 Å². The number of piperidine rings is 1. The number of benzene rings is 2. The average molecular weight is 420 g/mol. The summed E-state index contributed by atoms with van der Waals surface area (Å²) in [5, 5.41) is 0. The van der Waals surface area contributed by atoms with E-state index in [9.17, 15) is 9.59 Å². The Hall–Kier alpha value is -2.82. The van der Waals surface area contributed by atoms with Gasteiger partial charge in [-0.25, -0.2) is 4.79 Å². The fourth-order valence-corrected chi connectivity index (χ4v) is 5.16. The summed E-state index contributed by atoms with van der Waals surface area (Å²) in [4.78, 5) is 31.4. The van der Waals surface area contributed by atoms with Crippen LogP contribution in [0.3, 0.4) is 0 Å². The summed E-state index contributed by atoms with van der Waals surface area (Å²) < 4.78 is 0. The Morgan fingerprint density at radius 1 is 0.903 bits per heavy atom. The molecule has 31 heavy (non-hydrogen) atoms. The molecule has 2 unspecified atom stereocenters.